The lowest BCUT2D eigenvalue weighted by Gasteiger charge is -2.17. The number of carbonyl (C=O) groups is 2. The van der Waals surface area contributed by atoms with E-state index in [9.17, 15) is 19.7 Å². The van der Waals surface area contributed by atoms with Crippen molar-refractivity contribution in [2.75, 3.05) is 10.2 Å². The van der Waals surface area contributed by atoms with Crippen molar-refractivity contribution >= 4 is 50.7 Å². The number of imide groups is 1. The van der Waals surface area contributed by atoms with Gasteiger partial charge in [-0.25, -0.2) is 4.90 Å². The van der Waals surface area contributed by atoms with E-state index in [1.54, 1.807) is 12.1 Å². The van der Waals surface area contributed by atoms with Gasteiger partial charge in [0.1, 0.15) is 0 Å². The Balaban J connectivity index is 1.61. The molecule has 2 amide bonds. The number of hydrogen-bond donors (Lipinski definition) is 1. The number of hydrogen-bond acceptors (Lipinski definition) is 6. The quantitative estimate of drug-likeness (QED) is 0.534. The normalized spacial score (nSPS) is 16.7. The average molecular weight is 379 g/mol. The number of nitrogens with one attached hydrogen (secondary N) is 1. The van der Waals surface area contributed by atoms with Crippen LogP contribution in [-0.4, -0.2) is 21.4 Å². The second-order valence-corrected chi connectivity index (χ2v) is 6.94. The van der Waals surface area contributed by atoms with Crippen molar-refractivity contribution in [2.24, 2.45) is 0 Å². The van der Waals surface area contributed by atoms with Crippen molar-refractivity contribution in [3.63, 3.8) is 0 Å². The molecule has 1 unspecified atom stereocenters. The Morgan fingerprint density at radius 1 is 0.963 bits per heavy atom. The molecule has 7 nitrogen and oxygen atoms in total. The fourth-order valence-electron chi connectivity index (χ4n) is 2.95. The zero-order valence-corrected chi connectivity index (χ0v) is 14.7. The van der Waals surface area contributed by atoms with Gasteiger partial charge in [-0.3, -0.25) is 19.7 Å². The number of benzene rings is 3. The number of rotatable bonds is 4. The van der Waals surface area contributed by atoms with Crippen LogP contribution in [0.3, 0.4) is 0 Å². The molecule has 27 heavy (non-hydrogen) atoms. The molecule has 1 aliphatic heterocycles. The van der Waals surface area contributed by atoms with Gasteiger partial charge in [-0.1, -0.05) is 36.4 Å². The van der Waals surface area contributed by atoms with E-state index < -0.39 is 10.3 Å². The highest BCUT2D eigenvalue weighted by Gasteiger charge is 2.41. The van der Waals surface area contributed by atoms with Crippen LogP contribution < -0.4 is 10.2 Å². The van der Waals surface area contributed by atoms with Gasteiger partial charge in [-0.05, 0) is 35.3 Å². The maximum atomic E-state index is 12.9. The highest BCUT2D eigenvalue weighted by atomic mass is 32.2. The monoisotopic (exact) mass is 379 g/mol. The maximum Gasteiger partial charge on any atom is 0.295 e. The van der Waals surface area contributed by atoms with Gasteiger partial charge in [0.05, 0.1) is 10.6 Å². The number of fused-ring (bicyclic) bond motifs is 1. The highest BCUT2D eigenvalue weighted by molar-refractivity contribution is 8.16. The molecule has 1 saturated heterocycles. The van der Waals surface area contributed by atoms with Crippen molar-refractivity contribution in [1.29, 1.82) is 0 Å². The molecule has 3 aromatic rings. The molecule has 0 saturated carbocycles. The largest absolute Gasteiger partial charge is 0.365 e. The van der Waals surface area contributed by atoms with Crippen molar-refractivity contribution in [3.05, 3.63) is 76.8 Å². The Labute approximate surface area is 158 Å². The first kappa shape index (κ1) is 17.0. The summed E-state index contributed by atoms with van der Waals surface area (Å²) < 4.78 is 0. The number of nitrogens with zero attached hydrogens (tertiary/aromatic N) is 2. The third-order valence-electron chi connectivity index (χ3n) is 4.23. The van der Waals surface area contributed by atoms with Crippen LogP contribution in [0.15, 0.2) is 66.7 Å². The van der Waals surface area contributed by atoms with E-state index in [-0.39, 0.29) is 16.8 Å². The lowest BCUT2D eigenvalue weighted by Crippen LogP contribution is -2.34. The van der Waals surface area contributed by atoms with Crippen LogP contribution in [0, 0.1) is 10.1 Å². The second kappa shape index (κ2) is 6.73. The first-order valence-corrected chi connectivity index (χ1v) is 8.96. The molecule has 4 rings (SSSR count). The van der Waals surface area contributed by atoms with Crippen LogP contribution >= 0.6 is 11.8 Å². The minimum atomic E-state index is -0.794. The SMILES string of the molecule is O=C1SC(Nc2ccc([N+](=O)[O-])cc2)C(=O)N1c1cccc2ccccc12. The van der Waals surface area contributed by atoms with E-state index in [2.05, 4.69) is 5.32 Å². The lowest BCUT2D eigenvalue weighted by atomic mass is 10.1. The van der Waals surface area contributed by atoms with E-state index in [0.717, 1.165) is 22.5 Å². The Bertz CT molecular complexity index is 1060. The minimum absolute atomic E-state index is 0.0422. The van der Waals surface area contributed by atoms with Crippen LogP contribution in [0.5, 0.6) is 0 Å². The Morgan fingerprint density at radius 3 is 2.41 bits per heavy atom. The Morgan fingerprint density at radius 2 is 1.67 bits per heavy atom. The van der Waals surface area contributed by atoms with Crippen LogP contribution in [0.1, 0.15) is 0 Å². The van der Waals surface area contributed by atoms with E-state index >= 15 is 0 Å². The standard InChI is InChI=1S/C19H13N3O4S/c23-18-17(20-13-8-10-14(11-9-13)22(25)26)27-19(24)21(18)16-7-3-5-12-4-1-2-6-15(12)16/h1-11,17,20H. The summed E-state index contributed by atoms with van der Waals surface area (Å²) >= 11 is 0.883. The summed E-state index contributed by atoms with van der Waals surface area (Å²) in [6.45, 7) is 0. The van der Waals surface area contributed by atoms with Gasteiger partial charge in [0.25, 0.3) is 16.8 Å². The van der Waals surface area contributed by atoms with Gasteiger partial charge >= 0.3 is 0 Å². The summed E-state index contributed by atoms with van der Waals surface area (Å²) in [5.74, 6) is -0.375. The molecule has 1 aliphatic rings. The topological polar surface area (TPSA) is 92.5 Å². The summed E-state index contributed by atoms with van der Waals surface area (Å²) in [6.07, 6.45) is 0. The molecule has 3 aromatic carbocycles. The van der Waals surface area contributed by atoms with E-state index in [4.69, 9.17) is 0 Å². The molecule has 1 atom stereocenters. The number of carbonyl (C=O) groups excluding carboxylic acids is 2. The number of nitro groups is 1. The van der Waals surface area contributed by atoms with E-state index in [1.807, 2.05) is 30.3 Å². The molecule has 0 bridgehead atoms. The number of non-ortho nitro benzene ring substituents is 1. The van der Waals surface area contributed by atoms with Crippen LogP contribution in [0.25, 0.3) is 10.8 Å². The van der Waals surface area contributed by atoms with Crippen LogP contribution in [0.4, 0.5) is 21.9 Å². The zero-order chi connectivity index (χ0) is 19.0. The van der Waals surface area contributed by atoms with Gasteiger partial charge < -0.3 is 5.32 Å². The summed E-state index contributed by atoms with van der Waals surface area (Å²) in [7, 11) is 0. The minimum Gasteiger partial charge on any atom is -0.365 e. The number of anilines is 2. The molecule has 0 radical (unpaired) electrons. The van der Waals surface area contributed by atoms with Gasteiger partial charge in [-0.15, -0.1) is 0 Å². The predicted molar refractivity (Wildman–Crippen MR) is 105 cm³/mol. The fraction of sp³-hybridized carbons (Fsp3) is 0.0526. The van der Waals surface area contributed by atoms with Gasteiger partial charge in [0.15, 0.2) is 5.37 Å². The Hall–Kier alpha value is -3.39. The molecule has 0 spiro atoms. The molecule has 1 heterocycles. The summed E-state index contributed by atoms with van der Waals surface area (Å²) in [6, 6.07) is 18.7. The molecule has 8 heteroatoms. The predicted octanol–water partition coefficient (Wildman–Crippen LogP) is 4.39. The molecular weight excluding hydrogens is 366 g/mol. The van der Waals surface area contributed by atoms with E-state index in [0.29, 0.717) is 11.4 Å². The third-order valence-corrected chi connectivity index (χ3v) is 5.17. The molecule has 0 aromatic heterocycles. The Kier molecular flexibility index (Phi) is 4.25. The zero-order valence-electron chi connectivity index (χ0n) is 13.9. The summed E-state index contributed by atoms with van der Waals surface area (Å²) in [5, 5.41) is 14.3. The number of nitro benzene ring substituents is 1. The van der Waals surface area contributed by atoms with Gasteiger partial charge in [-0.2, -0.15) is 0 Å². The average Bonchev–Trinajstić information content (AvgIpc) is 2.95. The first-order chi connectivity index (χ1) is 13.0. The number of amides is 2. The second-order valence-electron chi connectivity index (χ2n) is 5.88. The molecule has 1 N–H and O–H groups in total. The first-order valence-electron chi connectivity index (χ1n) is 8.08. The van der Waals surface area contributed by atoms with Gasteiger partial charge in [0.2, 0.25) is 0 Å². The smallest absolute Gasteiger partial charge is 0.295 e. The van der Waals surface area contributed by atoms with Crippen molar-refractivity contribution in [3.8, 4) is 0 Å². The summed E-state index contributed by atoms with van der Waals surface area (Å²) in [4.78, 5) is 36.8. The third kappa shape index (κ3) is 3.11. The maximum absolute atomic E-state index is 12.9. The van der Waals surface area contributed by atoms with Crippen molar-refractivity contribution in [2.45, 2.75) is 5.37 Å². The lowest BCUT2D eigenvalue weighted by molar-refractivity contribution is -0.384. The molecule has 1 fully saturated rings. The summed E-state index contributed by atoms with van der Waals surface area (Å²) in [5.41, 5.74) is 1.03. The van der Waals surface area contributed by atoms with Crippen LogP contribution in [0.2, 0.25) is 0 Å². The van der Waals surface area contributed by atoms with Crippen LogP contribution in [-0.2, 0) is 4.79 Å². The van der Waals surface area contributed by atoms with Crippen molar-refractivity contribution < 1.29 is 14.5 Å². The molecular formula is C19H13N3O4S. The molecule has 134 valence electrons. The van der Waals surface area contributed by atoms with Gasteiger partial charge in [0, 0.05) is 23.2 Å². The number of thioether (sulfide) groups is 1. The molecule has 0 aliphatic carbocycles. The van der Waals surface area contributed by atoms with E-state index in [1.165, 1.54) is 29.2 Å². The fourth-order valence-corrected chi connectivity index (χ4v) is 3.85. The highest BCUT2D eigenvalue weighted by Crippen LogP contribution is 2.36. The van der Waals surface area contributed by atoms with Crippen molar-refractivity contribution in [1.82, 2.24) is 0 Å².